The molecule has 0 atom stereocenters. The zero-order chi connectivity index (χ0) is 67.0. The maximum Gasteiger partial charge on any atom is 0.0652 e. The fourth-order valence-electron chi connectivity index (χ4n) is 6.99. The third-order valence-corrected chi connectivity index (χ3v) is 9.33. The van der Waals surface area contributed by atoms with E-state index in [0.717, 1.165) is 15.2 Å². The maximum absolute atomic E-state index is 10.3. The molecule has 0 saturated carbocycles. The Hall–Kier alpha value is -7.62. The van der Waals surface area contributed by atoms with Crippen molar-refractivity contribution in [3.63, 3.8) is 0 Å². The first kappa shape index (κ1) is 13.0. The molecule has 0 bridgehead atoms. The monoisotopic (exact) mass is 759 g/mol. The van der Waals surface area contributed by atoms with Gasteiger partial charge in [0, 0.05) is 49.4 Å². The fraction of sp³-hybridized carbons (Fsp3) is 0. The minimum Gasteiger partial charge on any atom is -0.309 e. The van der Waals surface area contributed by atoms with E-state index in [1.54, 1.807) is 0 Å². The molecule has 12 aromatic rings. The molecule has 0 unspecified atom stereocenters. The molecular weight excluding hydrogens is 691 g/mol. The molecule has 9 aromatic carbocycles. The number of hydrogen-bond acceptors (Lipinski definition) is 0. The lowest BCUT2D eigenvalue weighted by molar-refractivity contribution is 1.16. The quantitative estimate of drug-likeness (QED) is 0.166. The van der Waals surface area contributed by atoms with Crippen LogP contribution in [0.1, 0.15) is 46.6 Å². The third kappa shape index (κ3) is 4.86. The van der Waals surface area contributed by atoms with Crippen molar-refractivity contribution in [2.75, 3.05) is 0 Å². The average Bonchev–Trinajstić information content (AvgIpc) is 1.54. The number of nitrogens with zero attached hydrogens (tertiary/aromatic N) is 3. The molecule has 0 radical (unpaired) electrons. The van der Waals surface area contributed by atoms with Crippen LogP contribution in [0.2, 0.25) is 0 Å². The molecule has 12 rings (SSSR count). The average molecular weight is 760 g/mol. The zero-order valence-corrected chi connectivity index (χ0v) is 28.4. The molecule has 0 fully saturated rings. The van der Waals surface area contributed by atoms with Crippen LogP contribution in [-0.2, 0) is 0 Å². The summed E-state index contributed by atoms with van der Waals surface area (Å²) >= 11 is 0. The van der Waals surface area contributed by atoms with Gasteiger partial charge >= 0.3 is 0 Å². The number of fused-ring (bicyclic) bond motifs is 9. The number of aromatic nitrogens is 3. The van der Waals surface area contributed by atoms with E-state index in [4.69, 9.17) is 30.2 Å². The van der Waals surface area contributed by atoms with Gasteiger partial charge in [0.1, 0.15) is 0 Å². The van der Waals surface area contributed by atoms with Crippen molar-refractivity contribution < 1.29 is 46.6 Å². The lowest BCUT2D eigenvalue weighted by Gasteiger charge is -2.14. The highest BCUT2D eigenvalue weighted by atomic mass is 15.0. The highest BCUT2D eigenvalue weighted by molar-refractivity contribution is 6.14. The Morgan fingerprint density at radius 3 is 1.14 bits per heavy atom. The summed E-state index contributed by atoms with van der Waals surface area (Å²) in [6.45, 7) is 0. The molecule has 3 aromatic heterocycles. The van der Waals surface area contributed by atoms with E-state index in [2.05, 4.69) is 0 Å². The number of benzene rings is 9. The smallest absolute Gasteiger partial charge is 0.0652 e. The molecule has 3 heteroatoms. The van der Waals surface area contributed by atoms with E-state index < -0.39 is 310 Å². The largest absolute Gasteiger partial charge is 0.309 e. The number of rotatable bonds is 5. The first-order chi connectivity index (χ1) is 42.4. The third-order valence-electron chi connectivity index (χ3n) is 9.33. The molecule has 0 aliphatic rings. The van der Waals surface area contributed by atoms with Gasteiger partial charge in [-0.2, -0.15) is 0 Å². The molecule has 3 heterocycles. The van der Waals surface area contributed by atoms with E-state index in [-0.39, 0.29) is 0 Å². The molecule has 0 amide bonds. The van der Waals surface area contributed by atoms with Crippen LogP contribution in [0, 0.1) is 0 Å². The molecule has 0 N–H and O–H groups in total. The van der Waals surface area contributed by atoms with Crippen molar-refractivity contribution in [2.45, 2.75) is 0 Å². The topological polar surface area (TPSA) is 14.8 Å². The van der Waals surface area contributed by atoms with Crippen LogP contribution in [0.4, 0.5) is 0 Å². The van der Waals surface area contributed by atoms with Crippen molar-refractivity contribution in [3.05, 3.63) is 212 Å². The lowest BCUT2D eigenvalue weighted by Crippen LogP contribution is -1.97. The van der Waals surface area contributed by atoms with Gasteiger partial charge in [-0.25, -0.2) is 0 Å². The van der Waals surface area contributed by atoms with Gasteiger partial charge in [0.15, 0.2) is 0 Å². The van der Waals surface area contributed by atoms with Crippen LogP contribution < -0.4 is 0 Å². The Morgan fingerprint density at radius 1 is 0.246 bits per heavy atom. The predicted molar refractivity (Wildman–Crippen MR) is 240 cm³/mol. The summed E-state index contributed by atoms with van der Waals surface area (Å²) in [6, 6.07) is -32.2. The number of para-hydroxylation sites is 4. The summed E-state index contributed by atoms with van der Waals surface area (Å²) in [7, 11) is 0. The highest BCUT2D eigenvalue weighted by Gasteiger charge is 2.19. The molecule has 0 aliphatic carbocycles. The first-order valence-corrected chi connectivity index (χ1v) is 16.8. The summed E-state index contributed by atoms with van der Waals surface area (Å²) in [4.78, 5) is 0. The van der Waals surface area contributed by atoms with Crippen molar-refractivity contribution in [1.29, 1.82) is 0 Å². The Balaban J connectivity index is 1.31. The number of hydrogen-bond donors (Lipinski definition) is 0. The van der Waals surface area contributed by atoms with Gasteiger partial charge in [0.05, 0.1) is 79.7 Å². The van der Waals surface area contributed by atoms with Crippen LogP contribution in [0.3, 0.4) is 0 Å². The maximum atomic E-state index is 10.3. The van der Waals surface area contributed by atoms with Gasteiger partial charge in [-0.05, 0) is 101 Å². The second-order valence-electron chi connectivity index (χ2n) is 12.4. The Morgan fingerprint density at radius 2 is 0.614 bits per heavy atom. The van der Waals surface area contributed by atoms with Gasteiger partial charge in [0.25, 0.3) is 0 Å². The van der Waals surface area contributed by atoms with Gasteiger partial charge in [-0.15, -0.1) is 0 Å². The van der Waals surface area contributed by atoms with Crippen LogP contribution in [0.25, 0.3) is 105 Å². The van der Waals surface area contributed by atoms with Gasteiger partial charge < -0.3 is 13.7 Å². The van der Waals surface area contributed by atoms with E-state index in [1.807, 2.05) is 0 Å². The minimum absolute atomic E-state index is 0.432. The Kier molecular flexibility index (Phi) is 2.84. The summed E-state index contributed by atoms with van der Waals surface area (Å²) in [6.07, 6.45) is 0. The second kappa shape index (κ2) is 12.5. The van der Waals surface area contributed by atoms with Crippen LogP contribution in [0.15, 0.2) is 212 Å². The van der Waals surface area contributed by atoms with Gasteiger partial charge in [-0.1, -0.05) is 133 Å². The van der Waals surface area contributed by atoms with E-state index in [9.17, 15) is 16.4 Å². The molecule has 0 spiro atoms. The Labute approximate surface area is 377 Å². The minimum atomic E-state index is -1.18. The standard InChI is InChI=1S/C54H35N3/c1-3-15-36(16-4-1)38-31-39(37-17-5-2-6-18-37)33-42(32-38)57-52-26-14-10-22-46(52)48-35-41(28-30-54(48)57)56-51-25-13-9-21-45(51)47-34-40(27-29-53(47)56)55-49-23-11-7-19-43(49)44-20-8-12-24-50(44)55/h1-35H/i1D,2D,3D,4D,5D,6D,7D,8D,9D,10D,11D,12D,13D,14D,15D,16D,17D,18D,19D,20D,21D,22D,23D,24D,25D,26D,27D,28D,29D,30D,31D,32D,33D,35D. The molecule has 0 saturated heterocycles. The Bertz CT molecular complexity index is 5290. The van der Waals surface area contributed by atoms with Crippen molar-refractivity contribution in [2.24, 2.45) is 0 Å². The van der Waals surface area contributed by atoms with E-state index in [0.29, 0.717) is 4.57 Å². The summed E-state index contributed by atoms with van der Waals surface area (Å²) in [5.41, 5.74) is -10.3. The van der Waals surface area contributed by atoms with Gasteiger partial charge in [-0.3, -0.25) is 0 Å². The summed E-state index contributed by atoms with van der Waals surface area (Å²) in [5.74, 6) is 0. The van der Waals surface area contributed by atoms with Crippen molar-refractivity contribution in [3.8, 4) is 39.3 Å². The van der Waals surface area contributed by atoms with Crippen LogP contribution >= 0.6 is 0 Å². The molecule has 57 heavy (non-hydrogen) atoms. The summed E-state index contributed by atoms with van der Waals surface area (Å²) in [5, 5.41) is -3.33. The zero-order valence-electron chi connectivity index (χ0n) is 62.4. The van der Waals surface area contributed by atoms with E-state index in [1.165, 1.54) is 0 Å². The van der Waals surface area contributed by atoms with Crippen molar-refractivity contribution >= 4 is 65.4 Å². The van der Waals surface area contributed by atoms with Crippen LogP contribution in [0.5, 0.6) is 0 Å². The molecule has 0 aliphatic heterocycles. The fourth-order valence-corrected chi connectivity index (χ4v) is 6.99. The molecule has 3 nitrogen and oxygen atoms in total. The lowest BCUT2D eigenvalue weighted by atomic mass is 9.98. The van der Waals surface area contributed by atoms with Crippen molar-refractivity contribution in [1.82, 2.24) is 13.7 Å². The normalized spacial score (nSPS) is 20.2. The summed E-state index contributed by atoms with van der Waals surface area (Å²) < 4.78 is 312. The first-order valence-electron chi connectivity index (χ1n) is 33.8. The molecular formula is C54H35N3. The van der Waals surface area contributed by atoms with Crippen LogP contribution in [-0.4, -0.2) is 13.7 Å². The SMILES string of the molecule is [2H]c1c([2H])c([2H])c(-c2c([2H])c(-c3c([2H])c([2H])c([2H])c([2H])c3[2H])c([2H])c(-n3c4c([2H])c([2H])c([2H])c([2H])c4c4c([2H])c(-n5c6c([2H])c([2H])c(-n7c8c([2H])c([2H])c([2H])c([2H])c8c8c([2H])c([2H])c([2H])c([2H])c87)cc6c6c([2H])c([2H])c([2H])c([2H])c65)c([2H])c([2H])c43)c2[2H])c([2H])c1[2H]. The molecule has 266 valence electrons. The highest BCUT2D eigenvalue weighted by Crippen LogP contribution is 2.40. The second-order valence-corrected chi connectivity index (χ2v) is 12.4. The van der Waals surface area contributed by atoms with Gasteiger partial charge in [0.2, 0.25) is 0 Å². The van der Waals surface area contributed by atoms with E-state index >= 15 is 0 Å². The predicted octanol–water partition coefficient (Wildman–Crippen LogP) is 14.3.